The SMILES string of the molecule is C=CCc1cc(Cl)cc(C=O)c1OCCCC. The smallest absolute Gasteiger partial charge is 0.153 e. The highest BCUT2D eigenvalue weighted by Gasteiger charge is 2.10. The summed E-state index contributed by atoms with van der Waals surface area (Å²) in [6.07, 6.45) is 5.21. The Bertz CT molecular complexity index is 399. The van der Waals surface area contributed by atoms with E-state index < -0.39 is 0 Å². The summed E-state index contributed by atoms with van der Waals surface area (Å²) >= 11 is 5.95. The van der Waals surface area contributed by atoms with Gasteiger partial charge in [0.15, 0.2) is 6.29 Å². The van der Waals surface area contributed by atoms with Gasteiger partial charge in [-0.2, -0.15) is 0 Å². The lowest BCUT2D eigenvalue weighted by molar-refractivity contribution is 0.111. The molecule has 3 heteroatoms. The van der Waals surface area contributed by atoms with Crippen LogP contribution in [0.1, 0.15) is 35.7 Å². The topological polar surface area (TPSA) is 26.3 Å². The Hall–Kier alpha value is -1.28. The lowest BCUT2D eigenvalue weighted by atomic mass is 10.1. The number of benzene rings is 1. The van der Waals surface area contributed by atoms with E-state index >= 15 is 0 Å². The number of carbonyl (C=O) groups is 1. The van der Waals surface area contributed by atoms with Crippen molar-refractivity contribution in [1.82, 2.24) is 0 Å². The summed E-state index contributed by atoms with van der Waals surface area (Å²) in [5.41, 5.74) is 1.41. The van der Waals surface area contributed by atoms with Crippen molar-refractivity contribution in [3.63, 3.8) is 0 Å². The summed E-state index contributed by atoms with van der Waals surface area (Å²) in [6.45, 7) is 6.40. The molecule has 0 spiro atoms. The molecule has 0 radical (unpaired) electrons. The second-order valence-corrected chi connectivity index (χ2v) is 4.23. The van der Waals surface area contributed by atoms with E-state index in [0.29, 0.717) is 29.4 Å². The van der Waals surface area contributed by atoms with Gasteiger partial charge in [-0.3, -0.25) is 4.79 Å². The third-order valence-electron chi connectivity index (χ3n) is 2.39. The molecule has 0 saturated carbocycles. The van der Waals surface area contributed by atoms with E-state index in [0.717, 1.165) is 24.7 Å². The van der Waals surface area contributed by atoms with Crippen LogP contribution in [-0.4, -0.2) is 12.9 Å². The van der Waals surface area contributed by atoms with E-state index in [1.54, 1.807) is 12.1 Å². The molecular weight excluding hydrogens is 236 g/mol. The number of halogens is 1. The Kier molecular flexibility index (Phi) is 5.78. The highest BCUT2D eigenvalue weighted by atomic mass is 35.5. The molecule has 92 valence electrons. The number of hydrogen-bond donors (Lipinski definition) is 0. The molecule has 1 aromatic carbocycles. The minimum atomic E-state index is 0.505. The maximum Gasteiger partial charge on any atom is 0.153 e. The number of rotatable bonds is 7. The predicted octanol–water partition coefficient (Wildman–Crippen LogP) is 4.06. The molecule has 0 aliphatic carbocycles. The van der Waals surface area contributed by atoms with Crippen LogP contribution < -0.4 is 4.74 Å². The van der Waals surface area contributed by atoms with E-state index in [4.69, 9.17) is 16.3 Å². The van der Waals surface area contributed by atoms with Crippen LogP contribution in [0, 0.1) is 0 Å². The van der Waals surface area contributed by atoms with Crippen LogP contribution >= 0.6 is 11.6 Å². The van der Waals surface area contributed by atoms with Gasteiger partial charge in [-0.05, 0) is 25.0 Å². The van der Waals surface area contributed by atoms with Crippen molar-refractivity contribution in [3.05, 3.63) is 40.9 Å². The Labute approximate surface area is 107 Å². The minimum Gasteiger partial charge on any atom is -0.493 e. The van der Waals surface area contributed by atoms with Crippen LogP contribution in [0.15, 0.2) is 24.8 Å². The molecular formula is C14H17ClO2. The van der Waals surface area contributed by atoms with Crippen molar-refractivity contribution in [1.29, 1.82) is 0 Å². The quantitative estimate of drug-likeness (QED) is 0.416. The molecule has 0 N–H and O–H groups in total. The van der Waals surface area contributed by atoms with Gasteiger partial charge in [-0.1, -0.05) is 31.0 Å². The Morgan fingerprint density at radius 2 is 2.24 bits per heavy atom. The Morgan fingerprint density at radius 3 is 2.82 bits per heavy atom. The van der Waals surface area contributed by atoms with Crippen molar-refractivity contribution < 1.29 is 9.53 Å². The molecule has 0 unspecified atom stereocenters. The molecule has 0 saturated heterocycles. The van der Waals surface area contributed by atoms with Gasteiger partial charge in [-0.25, -0.2) is 0 Å². The molecule has 0 aliphatic rings. The van der Waals surface area contributed by atoms with Gasteiger partial charge >= 0.3 is 0 Å². The highest BCUT2D eigenvalue weighted by Crippen LogP contribution is 2.28. The van der Waals surface area contributed by atoms with Crippen LogP contribution in [0.2, 0.25) is 5.02 Å². The summed E-state index contributed by atoms with van der Waals surface area (Å²) in [5.74, 6) is 0.637. The van der Waals surface area contributed by atoms with Crippen LogP contribution in [0.25, 0.3) is 0 Å². The number of allylic oxidation sites excluding steroid dienone is 1. The van der Waals surface area contributed by atoms with E-state index in [1.807, 2.05) is 6.07 Å². The van der Waals surface area contributed by atoms with E-state index in [2.05, 4.69) is 13.5 Å². The van der Waals surface area contributed by atoms with Crippen LogP contribution in [-0.2, 0) is 6.42 Å². The standard InChI is InChI=1S/C14H17ClO2/c1-3-5-7-17-14-11(6-4-2)8-13(15)9-12(14)10-16/h4,8-10H,2-3,5-7H2,1H3. The number of ether oxygens (including phenoxy) is 1. The maximum absolute atomic E-state index is 11.0. The number of aldehydes is 1. The van der Waals surface area contributed by atoms with Crippen LogP contribution in [0.3, 0.4) is 0 Å². The predicted molar refractivity (Wildman–Crippen MR) is 71.1 cm³/mol. The first kappa shape index (κ1) is 13.8. The molecule has 0 heterocycles. The Balaban J connectivity index is 3.02. The second-order valence-electron chi connectivity index (χ2n) is 3.80. The number of carbonyl (C=O) groups excluding carboxylic acids is 1. The molecule has 0 bridgehead atoms. The van der Waals surface area contributed by atoms with E-state index in [9.17, 15) is 4.79 Å². The summed E-state index contributed by atoms with van der Waals surface area (Å²) in [6, 6.07) is 3.44. The highest BCUT2D eigenvalue weighted by molar-refractivity contribution is 6.31. The van der Waals surface area contributed by atoms with Crippen molar-refractivity contribution in [2.45, 2.75) is 26.2 Å². The monoisotopic (exact) mass is 252 g/mol. The summed E-state index contributed by atoms with van der Waals surface area (Å²) < 4.78 is 5.67. The fraction of sp³-hybridized carbons (Fsp3) is 0.357. The first-order chi connectivity index (χ1) is 8.22. The molecule has 0 atom stereocenters. The summed E-state index contributed by atoms with van der Waals surface area (Å²) in [7, 11) is 0. The van der Waals surface area contributed by atoms with Crippen LogP contribution in [0.4, 0.5) is 0 Å². The zero-order valence-electron chi connectivity index (χ0n) is 10.0. The minimum absolute atomic E-state index is 0.505. The first-order valence-corrected chi connectivity index (χ1v) is 6.12. The van der Waals surface area contributed by atoms with E-state index in [-0.39, 0.29) is 0 Å². The third-order valence-corrected chi connectivity index (χ3v) is 2.61. The van der Waals surface area contributed by atoms with E-state index in [1.165, 1.54) is 0 Å². The molecule has 0 aromatic heterocycles. The summed E-state index contributed by atoms with van der Waals surface area (Å²) in [4.78, 5) is 11.0. The number of hydrogen-bond acceptors (Lipinski definition) is 2. The molecule has 0 aliphatic heterocycles. The molecule has 17 heavy (non-hydrogen) atoms. The van der Waals surface area contributed by atoms with Gasteiger partial charge in [0.25, 0.3) is 0 Å². The van der Waals surface area contributed by atoms with Crippen molar-refractivity contribution in [3.8, 4) is 5.75 Å². The average Bonchev–Trinajstić information content (AvgIpc) is 2.31. The zero-order chi connectivity index (χ0) is 12.7. The van der Waals surface area contributed by atoms with Gasteiger partial charge in [0, 0.05) is 10.6 Å². The first-order valence-electron chi connectivity index (χ1n) is 5.74. The molecule has 2 nitrogen and oxygen atoms in total. The Morgan fingerprint density at radius 1 is 1.47 bits per heavy atom. The second kappa shape index (κ2) is 7.13. The van der Waals surface area contributed by atoms with Crippen LogP contribution in [0.5, 0.6) is 5.75 Å². The molecule has 1 rings (SSSR count). The fourth-order valence-electron chi connectivity index (χ4n) is 1.56. The zero-order valence-corrected chi connectivity index (χ0v) is 10.8. The van der Waals surface area contributed by atoms with Gasteiger partial charge in [0.05, 0.1) is 12.2 Å². The van der Waals surface area contributed by atoms with Gasteiger partial charge in [0.1, 0.15) is 5.75 Å². The lowest BCUT2D eigenvalue weighted by Crippen LogP contribution is -2.03. The normalized spacial score (nSPS) is 10.0. The third kappa shape index (κ3) is 3.90. The maximum atomic E-state index is 11.0. The van der Waals surface area contributed by atoms with Gasteiger partial charge in [-0.15, -0.1) is 6.58 Å². The van der Waals surface area contributed by atoms with Gasteiger partial charge in [0.2, 0.25) is 0 Å². The summed E-state index contributed by atoms with van der Waals surface area (Å²) in [5, 5.41) is 0.548. The van der Waals surface area contributed by atoms with Gasteiger partial charge < -0.3 is 4.74 Å². The molecule has 1 aromatic rings. The largest absolute Gasteiger partial charge is 0.493 e. The average molecular weight is 253 g/mol. The van der Waals surface area contributed by atoms with Crippen molar-refractivity contribution in [2.24, 2.45) is 0 Å². The molecule has 0 fully saturated rings. The fourth-order valence-corrected chi connectivity index (χ4v) is 1.81. The van der Waals surface area contributed by atoms with Crippen molar-refractivity contribution in [2.75, 3.05) is 6.61 Å². The molecule has 0 amide bonds. The lowest BCUT2D eigenvalue weighted by Gasteiger charge is -2.13. The van der Waals surface area contributed by atoms with Crippen molar-refractivity contribution >= 4 is 17.9 Å². The number of unbranched alkanes of at least 4 members (excludes halogenated alkanes) is 1.